The SMILES string of the molecule is C[C@@H](Sc1ncccn1)C(=O)Nc1ccc(F)cc1Cl. The molecule has 0 aliphatic carbocycles. The van der Waals surface area contributed by atoms with Crippen molar-refractivity contribution in [3.8, 4) is 0 Å². The van der Waals surface area contributed by atoms with Gasteiger partial charge in [-0.3, -0.25) is 4.79 Å². The molecule has 1 atom stereocenters. The third-order valence-electron chi connectivity index (χ3n) is 2.38. The maximum Gasteiger partial charge on any atom is 0.237 e. The lowest BCUT2D eigenvalue weighted by molar-refractivity contribution is -0.115. The molecule has 1 N–H and O–H groups in total. The highest BCUT2D eigenvalue weighted by Gasteiger charge is 2.17. The first-order valence-electron chi connectivity index (χ1n) is 5.76. The topological polar surface area (TPSA) is 54.9 Å². The molecule has 7 heteroatoms. The molecule has 0 aliphatic rings. The fourth-order valence-electron chi connectivity index (χ4n) is 1.38. The molecule has 1 aromatic carbocycles. The largest absolute Gasteiger partial charge is 0.324 e. The molecule has 2 aromatic rings. The smallest absolute Gasteiger partial charge is 0.237 e. The van der Waals surface area contributed by atoms with E-state index in [9.17, 15) is 9.18 Å². The first kappa shape index (κ1) is 14.7. The van der Waals surface area contributed by atoms with E-state index in [0.717, 1.165) is 6.07 Å². The van der Waals surface area contributed by atoms with E-state index in [1.165, 1.54) is 23.9 Å². The molecular formula is C13H11ClFN3OS. The van der Waals surface area contributed by atoms with Crippen molar-refractivity contribution in [2.75, 3.05) is 5.32 Å². The zero-order valence-corrected chi connectivity index (χ0v) is 12.1. The fourth-order valence-corrected chi connectivity index (χ4v) is 2.32. The van der Waals surface area contributed by atoms with E-state index in [-0.39, 0.29) is 10.9 Å². The highest BCUT2D eigenvalue weighted by molar-refractivity contribution is 8.00. The van der Waals surface area contributed by atoms with Crippen LogP contribution in [0, 0.1) is 5.82 Å². The van der Waals surface area contributed by atoms with Crippen LogP contribution in [0.2, 0.25) is 5.02 Å². The molecule has 0 spiro atoms. The molecular weight excluding hydrogens is 301 g/mol. The van der Waals surface area contributed by atoms with Gasteiger partial charge in [-0.05, 0) is 31.2 Å². The average Bonchev–Trinajstić information content (AvgIpc) is 2.43. The molecule has 20 heavy (non-hydrogen) atoms. The molecule has 1 aromatic heterocycles. The lowest BCUT2D eigenvalue weighted by Gasteiger charge is -2.12. The minimum atomic E-state index is -0.451. The maximum atomic E-state index is 12.9. The van der Waals surface area contributed by atoms with Crippen molar-refractivity contribution in [3.63, 3.8) is 0 Å². The molecule has 0 fully saturated rings. The molecule has 0 unspecified atom stereocenters. The molecule has 0 saturated heterocycles. The highest BCUT2D eigenvalue weighted by atomic mass is 35.5. The number of aromatic nitrogens is 2. The average molecular weight is 312 g/mol. The van der Waals surface area contributed by atoms with E-state index < -0.39 is 11.1 Å². The number of thioether (sulfide) groups is 1. The molecule has 0 bridgehead atoms. The summed E-state index contributed by atoms with van der Waals surface area (Å²) in [4.78, 5) is 20.1. The number of amides is 1. The van der Waals surface area contributed by atoms with Crippen LogP contribution in [-0.4, -0.2) is 21.1 Å². The first-order valence-corrected chi connectivity index (χ1v) is 7.01. The molecule has 0 saturated carbocycles. The van der Waals surface area contributed by atoms with Gasteiger partial charge in [0.2, 0.25) is 5.91 Å². The Morgan fingerprint density at radius 2 is 2.10 bits per heavy atom. The lowest BCUT2D eigenvalue weighted by Crippen LogP contribution is -2.22. The Hall–Kier alpha value is -1.66. The van der Waals surface area contributed by atoms with Crippen molar-refractivity contribution in [2.45, 2.75) is 17.3 Å². The number of carbonyl (C=O) groups is 1. The Labute approximate surface area is 124 Å². The molecule has 104 valence electrons. The van der Waals surface area contributed by atoms with E-state index >= 15 is 0 Å². The van der Waals surface area contributed by atoms with E-state index in [1.54, 1.807) is 25.4 Å². The van der Waals surface area contributed by atoms with Crippen LogP contribution >= 0.6 is 23.4 Å². The Morgan fingerprint density at radius 1 is 1.40 bits per heavy atom. The number of benzene rings is 1. The summed E-state index contributed by atoms with van der Waals surface area (Å²) in [6.45, 7) is 1.73. The van der Waals surface area contributed by atoms with Crippen LogP contribution in [-0.2, 0) is 4.79 Å². The summed E-state index contributed by atoms with van der Waals surface area (Å²) >= 11 is 7.08. The van der Waals surface area contributed by atoms with Crippen molar-refractivity contribution in [1.29, 1.82) is 0 Å². The van der Waals surface area contributed by atoms with Crippen molar-refractivity contribution < 1.29 is 9.18 Å². The lowest BCUT2D eigenvalue weighted by atomic mass is 10.3. The maximum absolute atomic E-state index is 12.9. The van der Waals surface area contributed by atoms with Crippen molar-refractivity contribution >= 4 is 35.0 Å². The third-order valence-corrected chi connectivity index (χ3v) is 3.68. The molecule has 4 nitrogen and oxygen atoms in total. The number of nitrogens with zero attached hydrogens (tertiary/aromatic N) is 2. The van der Waals surface area contributed by atoms with Gasteiger partial charge in [0.1, 0.15) is 5.82 Å². The summed E-state index contributed by atoms with van der Waals surface area (Å²) < 4.78 is 12.9. The van der Waals surface area contributed by atoms with E-state index in [2.05, 4.69) is 15.3 Å². The predicted molar refractivity (Wildman–Crippen MR) is 77.4 cm³/mol. The fraction of sp³-hybridized carbons (Fsp3) is 0.154. The van der Waals surface area contributed by atoms with Gasteiger partial charge in [-0.1, -0.05) is 23.4 Å². The standard InChI is InChI=1S/C13H11ClFN3OS/c1-8(20-13-16-5-2-6-17-13)12(19)18-11-4-3-9(15)7-10(11)14/h2-8H,1H3,(H,18,19)/t8-/m1/s1. The summed E-state index contributed by atoms with van der Waals surface area (Å²) in [5.41, 5.74) is 0.375. The van der Waals surface area contributed by atoms with Crippen molar-refractivity contribution in [3.05, 3.63) is 47.5 Å². The van der Waals surface area contributed by atoms with E-state index in [0.29, 0.717) is 10.8 Å². The van der Waals surface area contributed by atoms with Crippen LogP contribution in [0.25, 0.3) is 0 Å². The number of anilines is 1. The predicted octanol–water partition coefficient (Wildman–Crippen LogP) is 3.39. The Bertz CT molecular complexity index is 612. The van der Waals surface area contributed by atoms with Crippen LogP contribution in [0.3, 0.4) is 0 Å². The van der Waals surface area contributed by atoms with Crippen LogP contribution in [0.1, 0.15) is 6.92 Å². The summed E-state index contributed by atoms with van der Waals surface area (Å²) in [6.07, 6.45) is 3.22. The molecule has 0 radical (unpaired) electrons. The monoisotopic (exact) mass is 311 g/mol. The second-order valence-electron chi connectivity index (χ2n) is 3.90. The van der Waals surface area contributed by atoms with E-state index in [4.69, 9.17) is 11.6 Å². The van der Waals surface area contributed by atoms with Gasteiger partial charge < -0.3 is 5.32 Å². The molecule has 0 aliphatic heterocycles. The normalized spacial score (nSPS) is 11.9. The minimum Gasteiger partial charge on any atom is -0.324 e. The van der Waals surface area contributed by atoms with Crippen molar-refractivity contribution in [1.82, 2.24) is 9.97 Å². The number of hydrogen-bond acceptors (Lipinski definition) is 4. The van der Waals surface area contributed by atoms with Crippen LogP contribution in [0.15, 0.2) is 41.8 Å². The van der Waals surface area contributed by atoms with Crippen molar-refractivity contribution in [2.24, 2.45) is 0 Å². The number of carbonyl (C=O) groups excluding carboxylic acids is 1. The number of nitrogens with one attached hydrogen (secondary N) is 1. The summed E-state index contributed by atoms with van der Waals surface area (Å²) in [6, 6.07) is 5.51. The van der Waals surface area contributed by atoms with Crippen LogP contribution < -0.4 is 5.32 Å². The van der Waals surface area contributed by atoms with Gasteiger partial charge in [0.25, 0.3) is 0 Å². The first-order chi connectivity index (χ1) is 9.56. The van der Waals surface area contributed by atoms with Gasteiger partial charge in [0.15, 0.2) is 5.16 Å². The van der Waals surface area contributed by atoms with Gasteiger partial charge in [-0.25, -0.2) is 14.4 Å². The second kappa shape index (κ2) is 6.67. The third kappa shape index (κ3) is 3.91. The zero-order valence-electron chi connectivity index (χ0n) is 10.5. The van der Waals surface area contributed by atoms with Gasteiger partial charge in [-0.2, -0.15) is 0 Å². The van der Waals surface area contributed by atoms with Gasteiger partial charge >= 0.3 is 0 Å². The highest BCUT2D eigenvalue weighted by Crippen LogP contribution is 2.25. The van der Waals surface area contributed by atoms with Crippen LogP contribution in [0.5, 0.6) is 0 Å². The zero-order chi connectivity index (χ0) is 14.5. The van der Waals surface area contributed by atoms with E-state index in [1.807, 2.05) is 0 Å². The molecule has 1 amide bonds. The number of hydrogen-bond donors (Lipinski definition) is 1. The summed E-state index contributed by atoms with van der Waals surface area (Å²) in [5.74, 6) is -0.705. The molecule has 1 heterocycles. The quantitative estimate of drug-likeness (QED) is 0.694. The number of rotatable bonds is 4. The molecule has 2 rings (SSSR count). The van der Waals surface area contributed by atoms with Gasteiger partial charge in [-0.15, -0.1) is 0 Å². The summed E-state index contributed by atoms with van der Waals surface area (Å²) in [5, 5.41) is 2.91. The Kier molecular flexibility index (Phi) is 4.92. The second-order valence-corrected chi connectivity index (χ2v) is 5.62. The summed E-state index contributed by atoms with van der Waals surface area (Å²) in [7, 11) is 0. The van der Waals surface area contributed by atoms with Gasteiger partial charge in [0, 0.05) is 12.4 Å². The Morgan fingerprint density at radius 3 is 2.75 bits per heavy atom. The minimum absolute atomic E-state index is 0.159. The number of halogens is 2. The van der Waals surface area contributed by atoms with Gasteiger partial charge in [0.05, 0.1) is 16.0 Å². The van der Waals surface area contributed by atoms with Crippen LogP contribution in [0.4, 0.5) is 10.1 Å². The Balaban J connectivity index is 2.01.